The van der Waals surface area contributed by atoms with Gasteiger partial charge >= 0.3 is 6.03 Å². The number of piperazine rings is 1. The fraction of sp³-hybridized carbons (Fsp3) is 0.333. The van der Waals surface area contributed by atoms with E-state index < -0.39 is 0 Å². The molecule has 3 rings (SSSR count). The number of carbonyl (C=O) groups excluding carboxylic acids is 2. The first-order valence-corrected chi connectivity index (χ1v) is 8.03. The van der Waals surface area contributed by atoms with E-state index >= 15 is 0 Å². The van der Waals surface area contributed by atoms with Crippen molar-refractivity contribution in [1.29, 1.82) is 0 Å². The lowest BCUT2D eigenvalue weighted by Crippen LogP contribution is -2.51. The molecule has 1 saturated heterocycles. The van der Waals surface area contributed by atoms with E-state index in [9.17, 15) is 9.59 Å². The smallest absolute Gasteiger partial charge is 0.321 e. The largest absolute Gasteiger partial charge is 0.379 e. The lowest BCUT2D eigenvalue weighted by Gasteiger charge is -2.34. The normalized spacial score (nSPS) is 14.5. The molecule has 0 spiro atoms. The van der Waals surface area contributed by atoms with Gasteiger partial charge in [-0.05, 0) is 34.9 Å². The molecule has 1 aliphatic rings. The highest BCUT2D eigenvalue weighted by atomic mass is 35.5. The molecule has 0 unspecified atom stereocenters. The average molecular weight is 365 g/mol. The molecular formula is C15H17ClN6O3. The molecule has 1 aliphatic heterocycles. The van der Waals surface area contributed by atoms with Crippen LogP contribution in [-0.4, -0.2) is 58.2 Å². The Kier molecular flexibility index (Phi) is 4.75. The average Bonchev–Trinajstić information content (AvgIpc) is 3.04. The molecule has 132 valence electrons. The first-order chi connectivity index (χ1) is 12.0. The van der Waals surface area contributed by atoms with Crippen molar-refractivity contribution in [3.8, 4) is 0 Å². The van der Waals surface area contributed by atoms with Gasteiger partial charge in [0, 0.05) is 36.9 Å². The van der Waals surface area contributed by atoms with Gasteiger partial charge in [-0.15, -0.1) is 0 Å². The van der Waals surface area contributed by atoms with Crippen LogP contribution in [0.2, 0.25) is 5.02 Å². The molecule has 1 aromatic carbocycles. The number of nitrogens with one attached hydrogen (secondary N) is 1. The molecule has 0 aliphatic carbocycles. The standard InChI is InChI=1S/C15H17ClN6O3/c1-9-10(16)3-2-4-11(9)18-15(24)22-7-5-21(6-8-22)14(23)12-13(17)20-25-19-12/h2-4H,5-8H2,1H3,(H2,17,20)(H,18,24). The number of anilines is 2. The predicted molar refractivity (Wildman–Crippen MR) is 91.4 cm³/mol. The Morgan fingerprint density at radius 3 is 2.52 bits per heavy atom. The minimum Gasteiger partial charge on any atom is -0.379 e. The third-order valence-electron chi connectivity index (χ3n) is 4.08. The summed E-state index contributed by atoms with van der Waals surface area (Å²) in [5.74, 6) is -0.397. The van der Waals surface area contributed by atoms with Gasteiger partial charge in [-0.3, -0.25) is 4.79 Å². The maximum atomic E-state index is 12.4. The second kappa shape index (κ2) is 6.98. The third-order valence-corrected chi connectivity index (χ3v) is 4.49. The van der Waals surface area contributed by atoms with E-state index in [0.717, 1.165) is 5.56 Å². The van der Waals surface area contributed by atoms with Crippen LogP contribution in [0.15, 0.2) is 22.8 Å². The molecule has 0 radical (unpaired) electrons. The SMILES string of the molecule is Cc1c(Cl)cccc1NC(=O)N1CCN(C(=O)c2nonc2N)CC1. The van der Waals surface area contributed by atoms with Crippen molar-refractivity contribution in [2.45, 2.75) is 6.92 Å². The number of halogens is 1. The molecule has 10 heteroatoms. The summed E-state index contributed by atoms with van der Waals surface area (Å²) < 4.78 is 4.45. The number of carbonyl (C=O) groups is 2. The molecule has 9 nitrogen and oxygen atoms in total. The van der Waals surface area contributed by atoms with Crippen molar-refractivity contribution in [2.24, 2.45) is 0 Å². The maximum absolute atomic E-state index is 12.4. The van der Waals surface area contributed by atoms with E-state index in [1.165, 1.54) is 0 Å². The Labute approximate surface area is 148 Å². The summed E-state index contributed by atoms with van der Waals surface area (Å²) in [6.45, 7) is 3.36. The van der Waals surface area contributed by atoms with Crippen LogP contribution in [0.1, 0.15) is 16.1 Å². The monoisotopic (exact) mass is 364 g/mol. The Morgan fingerprint density at radius 2 is 1.88 bits per heavy atom. The van der Waals surface area contributed by atoms with E-state index in [2.05, 4.69) is 20.3 Å². The number of hydrogen-bond acceptors (Lipinski definition) is 6. The van der Waals surface area contributed by atoms with Crippen molar-refractivity contribution >= 4 is 35.0 Å². The van der Waals surface area contributed by atoms with Crippen molar-refractivity contribution in [3.63, 3.8) is 0 Å². The second-order valence-electron chi connectivity index (χ2n) is 5.62. The molecule has 25 heavy (non-hydrogen) atoms. The molecule has 2 heterocycles. The zero-order valence-electron chi connectivity index (χ0n) is 13.5. The number of benzene rings is 1. The molecule has 0 bridgehead atoms. The highest BCUT2D eigenvalue weighted by Gasteiger charge is 2.28. The quantitative estimate of drug-likeness (QED) is 0.835. The maximum Gasteiger partial charge on any atom is 0.321 e. The summed E-state index contributed by atoms with van der Waals surface area (Å²) in [5, 5.41) is 10.3. The van der Waals surface area contributed by atoms with Crippen LogP contribution < -0.4 is 11.1 Å². The number of amides is 3. The van der Waals surface area contributed by atoms with Crippen molar-refractivity contribution < 1.29 is 14.2 Å². The first-order valence-electron chi connectivity index (χ1n) is 7.65. The van der Waals surface area contributed by atoms with E-state index in [1.807, 2.05) is 6.92 Å². The van der Waals surface area contributed by atoms with Gasteiger partial charge < -0.3 is 20.9 Å². The van der Waals surface area contributed by atoms with Crippen molar-refractivity contribution in [3.05, 3.63) is 34.5 Å². The van der Waals surface area contributed by atoms with Crippen molar-refractivity contribution in [1.82, 2.24) is 20.1 Å². The Morgan fingerprint density at radius 1 is 1.20 bits per heavy atom. The molecule has 3 N–H and O–H groups in total. The highest BCUT2D eigenvalue weighted by molar-refractivity contribution is 6.31. The van der Waals surface area contributed by atoms with Crippen LogP contribution >= 0.6 is 11.6 Å². The Hall–Kier alpha value is -2.81. The van der Waals surface area contributed by atoms with Gasteiger partial charge in [-0.2, -0.15) is 0 Å². The minimum absolute atomic E-state index is 0.00699. The van der Waals surface area contributed by atoms with Crippen LogP contribution in [0.4, 0.5) is 16.3 Å². The molecule has 0 atom stereocenters. The molecule has 1 aromatic heterocycles. The molecule has 0 saturated carbocycles. The highest BCUT2D eigenvalue weighted by Crippen LogP contribution is 2.23. The predicted octanol–water partition coefficient (Wildman–Crippen LogP) is 1.60. The molecule has 3 amide bonds. The van der Waals surface area contributed by atoms with Gasteiger partial charge in [0.15, 0.2) is 0 Å². The number of urea groups is 1. The molecule has 2 aromatic rings. The van der Waals surface area contributed by atoms with E-state index in [1.54, 1.807) is 28.0 Å². The zero-order chi connectivity index (χ0) is 18.0. The molecule has 1 fully saturated rings. The van der Waals surface area contributed by atoms with E-state index in [-0.39, 0.29) is 23.5 Å². The number of nitrogens with zero attached hydrogens (tertiary/aromatic N) is 4. The van der Waals surface area contributed by atoms with Gasteiger partial charge in [0.25, 0.3) is 5.91 Å². The van der Waals surface area contributed by atoms with Crippen molar-refractivity contribution in [2.75, 3.05) is 37.2 Å². The Balaban J connectivity index is 1.58. The number of hydrogen-bond donors (Lipinski definition) is 2. The summed E-state index contributed by atoms with van der Waals surface area (Å²) >= 11 is 6.06. The van der Waals surface area contributed by atoms with Crippen LogP contribution in [0.5, 0.6) is 0 Å². The van der Waals surface area contributed by atoms with E-state index in [4.69, 9.17) is 17.3 Å². The van der Waals surface area contributed by atoms with Gasteiger partial charge in [0.05, 0.1) is 0 Å². The topological polar surface area (TPSA) is 118 Å². The fourth-order valence-corrected chi connectivity index (χ4v) is 2.72. The van der Waals surface area contributed by atoms with Crippen LogP contribution in [-0.2, 0) is 0 Å². The van der Waals surface area contributed by atoms with Gasteiger partial charge in [-0.25, -0.2) is 9.42 Å². The number of rotatable bonds is 2. The van der Waals surface area contributed by atoms with Gasteiger partial charge in [-0.1, -0.05) is 17.7 Å². The summed E-state index contributed by atoms with van der Waals surface area (Å²) in [6, 6.07) is 5.10. The van der Waals surface area contributed by atoms with E-state index in [0.29, 0.717) is 36.9 Å². The second-order valence-corrected chi connectivity index (χ2v) is 6.03. The van der Waals surface area contributed by atoms with Crippen LogP contribution in [0.25, 0.3) is 0 Å². The molecular weight excluding hydrogens is 348 g/mol. The number of nitrogens with two attached hydrogens (primary N) is 1. The number of aromatic nitrogens is 2. The summed E-state index contributed by atoms with van der Waals surface area (Å²) in [7, 11) is 0. The summed E-state index contributed by atoms with van der Waals surface area (Å²) in [4.78, 5) is 27.9. The fourth-order valence-electron chi connectivity index (χ4n) is 2.54. The van der Waals surface area contributed by atoms with Gasteiger partial charge in [0.2, 0.25) is 11.5 Å². The van der Waals surface area contributed by atoms with Crippen LogP contribution in [0, 0.1) is 6.92 Å². The number of nitrogen functional groups attached to an aromatic ring is 1. The van der Waals surface area contributed by atoms with Gasteiger partial charge in [0.1, 0.15) is 0 Å². The summed E-state index contributed by atoms with van der Waals surface area (Å²) in [6.07, 6.45) is 0. The first kappa shape index (κ1) is 17.0. The minimum atomic E-state index is -0.357. The van der Waals surface area contributed by atoms with Crippen LogP contribution in [0.3, 0.4) is 0 Å². The third kappa shape index (κ3) is 3.50. The lowest BCUT2D eigenvalue weighted by molar-refractivity contribution is 0.0661. The lowest BCUT2D eigenvalue weighted by atomic mass is 10.2. The summed E-state index contributed by atoms with van der Waals surface area (Å²) in [5.41, 5.74) is 7.00. The Bertz CT molecular complexity index is 800. The zero-order valence-corrected chi connectivity index (χ0v) is 14.3.